The second kappa shape index (κ2) is 6.17. The quantitative estimate of drug-likeness (QED) is 0.869. The SMILES string of the molecule is CCCc1nc2ccc(Br)cn2c1NC1CCCCC1. The fraction of sp³-hybridized carbons (Fsp3) is 0.562. The number of fused-ring (bicyclic) bond motifs is 1. The van der Waals surface area contributed by atoms with Gasteiger partial charge in [-0.05, 0) is 47.3 Å². The molecule has 0 aliphatic heterocycles. The van der Waals surface area contributed by atoms with Crippen molar-refractivity contribution in [2.75, 3.05) is 5.32 Å². The van der Waals surface area contributed by atoms with Crippen LogP contribution in [0.5, 0.6) is 0 Å². The Bertz CT molecular complexity index is 585. The minimum absolute atomic E-state index is 0.609. The number of nitrogens with zero attached hydrogens (tertiary/aromatic N) is 2. The van der Waals surface area contributed by atoms with Crippen molar-refractivity contribution in [1.29, 1.82) is 0 Å². The molecule has 2 aromatic rings. The van der Waals surface area contributed by atoms with Gasteiger partial charge < -0.3 is 5.32 Å². The van der Waals surface area contributed by atoms with Gasteiger partial charge in [0.15, 0.2) is 0 Å². The average molecular weight is 336 g/mol. The largest absolute Gasteiger partial charge is 0.367 e. The second-order valence-corrected chi connectivity index (χ2v) is 6.63. The highest BCUT2D eigenvalue weighted by Crippen LogP contribution is 2.26. The van der Waals surface area contributed by atoms with Gasteiger partial charge in [0.1, 0.15) is 11.5 Å². The summed E-state index contributed by atoms with van der Waals surface area (Å²) in [6.07, 6.45) is 10.9. The van der Waals surface area contributed by atoms with E-state index < -0.39 is 0 Å². The van der Waals surface area contributed by atoms with Crippen molar-refractivity contribution in [3.05, 3.63) is 28.5 Å². The summed E-state index contributed by atoms with van der Waals surface area (Å²) < 4.78 is 3.29. The monoisotopic (exact) mass is 335 g/mol. The molecule has 0 unspecified atom stereocenters. The number of hydrogen-bond donors (Lipinski definition) is 1. The smallest absolute Gasteiger partial charge is 0.138 e. The molecule has 3 rings (SSSR count). The lowest BCUT2D eigenvalue weighted by Gasteiger charge is -2.24. The summed E-state index contributed by atoms with van der Waals surface area (Å²) in [5, 5.41) is 3.76. The van der Waals surface area contributed by atoms with Crippen molar-refractivity contribution in [2.24, 2.45) is 0 Å². The lowest BCUT2D eigenvalue weighted by atomic mass is 9.95. The number of pyridine rings is 1. The third kappa shape index (κ3) is 2.85. The van der Waals surface area contributed by atoms with Crippen molar-refractivity contribution in [3.63, 3.8) is 0 Å². The Balaban J connectivity index is 1.96. The summed E-state index contributed by atoms with van der Waals surface area (Å²) in [4.78, 5) is 4.79. The molecule has 2 aromatic heterocycles. The van der Waals surface area contributed by atoms with Gasteiger partial charge in [-0.15, -0.1) is 0 Å². The third-order valence-electron chi connectivity index (χ3n) is 4.09. The molecule has 1 aliphatic rings. The maximum absolute atomic E-state index is 4.79. The Morgan fingerprint density at radius 3 is 2.85 bits per heavy atom. The first-order valence-corrected chi connectivity index (χ1v) is 8.50. The summed E-state index contributed by atoms with van der Waals surface area (Å²) in [6, 6.07) is 4.75. The molecule has 1 fully saturated rings. The first-order valence-electron chi connectivity index (χ1n) is 7.71. The van der Waals surface area contributed by atoms with Crippen molar-refractivity contribution >= 4 is 27.4 Å². The van der Waals surface area contributed by atoms with Crippen LogP contribution in [0, 0.1) is 0 Å². The number of aryl methyl sites for hydroxylation is 1. The van der Waals surface area contributed by atoms with E-state index >= 15 is 0 Å². The third-order valence-corrected chi connectivity index (χ3v) is 4.56. The molecule has 4 heteroatoms. The Morgan fingerprint density at radius 1 is 1.30 bits per heavy atom. The summed E-state index contributed by atoms with van der Waals surface area (Å²) >= 11 is 3.56. The summed E-state index contributed by atoms with van der Waals surface area (Å²) in [6.45, 7) is 2.21. The Labute approximate surface area is 128 Å². The summed E-state index contributed by atoms with van der Waals surface area (Å²) in [5.74, 6) is 1.20. The minimum Gasteiger partial charge on any atom is -0.367 e. The highest BCUT2D eigenvalue weighted by Gasteiger charge is 2.18. The maximum Gasteiger partial charge on any atom is 0.138 e. The summed E-state index contributed by atoms with van der Waals surface area (Å²) in [5.41, 5.74) is 2.24. The topological polar surface area (TPSA) is 29.3 Å². The van der Waals surface area contributed by atoms with Crippen molar-refractivity contribution < 1.29 is 0 Å². The lowest BCUT2D eigenvalue weighted by Crippen LogP contribution is -2.23. The van der Waals surface area contributed by atoms with E-state index in [1.54, 1.807) is 0 Å². The lowest BCUT2D eigenvalue weighted by molar-refractivity contribution is 0.461. The number of hydrogen-bond acceptors (Lipinski definition) is 2. The first-order chi connectivity index (χ1) is 9.78. The van der Waals surface area contributed by atoms with Crippen LogP contribution in [0.2, 0.25) is 0 Å². The molecule has 1 N–H and O–H groups in total. The van der Waals surface area contributed by atoms with Crippen molar-refractivity contribution in [1.82, 2.24) is 9.38 Å². The molecule has 1 aliphatic carbocycles. The van der Waals surface area contributed by atoms with Gasteiger partial charge in [-0.2, -0.15) is 0 Å². The molecule has 108 valence electrons. The van der Waals surface area contributed by atoms with Gasteiger partial charge in [0.05, 0.1) is 5.69 Å². The van der Waals surface area contributed by atoms with E-state index in [1.165, 1.54) is 43.6 Å². The number of rotatable bonds is 4. The molecule has 0 saturated heterocycles. The number of nitrogens with one attached hydrogen (secondary N) is 1. The van der Waals surface area contributed by atoms with Gasteiger partial charge in [0, 0.05) is 16.7 Å². The van der Waals surface area contributed by atoms with Gasteiger partial charge in [-0.25, -0.2) is 4.98 Å². The van der Waals surface area contributed by atoms with Crippen LogP contribution in [-0.2, 0) is 6.42 Å². The molecular weight excluding hydrogens is 314 g/mol. The van der Waals surface area contributed by atoms with Crippen LogP contribution >= 0.6 is 15.9 Å². The van der Waals surface area contributed by atoms with Crippen LogP contribution < -0.4 is 5.32 Å². The van der Waals surface area contributed by atoms with E-state index in [-0.39, 0.29) is 0 Å². The Morgan fingerprint density at radius 2 is 2.10 bits per heavy atom. The van der Waals surface area contributed by atoms with E-state index in [9.17, 15) is 0 Å². The standard InChI is InChI=1S/C16H22BrN3/c1-2-6-14-16(18-13-7-4-3-5-8-13)20-11-12(17)9-10-15(20)19-14/h9-11,13,18H,2-8H2,1H3. The van der Waals surface area contributed by atoms with E-state index in [2.05, 4.69) is 50.9 Å². The predicted molar refractivity (Wildman–Crippen MR) is 87.4 cm³/mol. The van der Waals surface area contributed by atoms with Gasteiger partial charge in [0.2, 0.25) is 0 Å². The molecule has 2 heterocycles. The summed E-state index contributed by atoms with van der Waals surface area (Å²) in [7, 11) is 0. The average Bonchev–Trinajstić information content (AvgIpc) is 2.78. The van der Waals surface area contributed by atoms with Crippen LogP contribution in [0.4, 0.5) is 5.82 Å². The predicted octanol–water partition coefficient (Wildman–Crippen LogP) is 4.79. The normalized spacial score (nSPS) is 16.7. The van der Waals surface area contributed by atoms with Gasteiger partial charge in [0.25, 0.3) is 0 Å². The van der Waals surface area contributed by atoms with Crippen molar-refractivity contribution in [2.45, 2.75) is 57.9 Å². The van der Waals surface area contributed by atoms with E-state index in [0.717, 1.165) is 23.0 Å². The molecule has 0 bridgehead atoms. The van der Waals surface area contributed by atoms with E-state index in [1.807, 2.05) is 0 Å². The number of imidazole rings is 1. The second-order valence-electron chi connectivity index (χ2n) is 5.71. The van der Waals surface area contributed by atoms with E-state index in [0.29, 0.717) is 6.04 Å². The molecule has 3 nitrogen and oxygen atoms in total. The number of halogens is 1. The van der Waals surface area contributed by atoms with Gasteiger partial charge in [-0.3, -0.25) is 4.40 Å². The van der Waals surface area contributed by atoms with Crippen molar-refractivity contribution in [3.8, 4) is 0 Å². The highest BCUT2D eigenvalue weighted by atomic mass is 79.9. The van der Waals surface area contributed by atoms with Crippen LogP contribution in [-0.4, -0.2) is 15.4 Å². The zero-order chi connectivity index (χ0) is 13.9. The fourth-order valence-corrected chi connectivity index (χ4v) is 3.41. The first kappa shape index (κ1) is 13.9. The molecule has 0 spiro atoms. The molecule has 0 atom stereocenters. The van der Waals surface area contributed by atoms with Crippen LogP contribution in [0.15, 0.2) is 22.8 Å². The fourth-order valence-electron chi connectivity index (χ4n) is 3.07. The van der Waals surface area contributed by atoms with Crippen LogP contribution in [0.3, 0.4) is 0 Å². The minimum atomic E-state index is 0.609. The Kier molecular flexibility index (Phi) is 4.29. The molecule has 0 amide bonds. The zero-order valence-corrected chi connectivity index (χ0v) is 13.6. The van der Waals surface area contributed by atoms with Gasteiger partial charge in [-0.1, -0.05) is 32.6 Å². The molecular formula is C16H22BrN3. The number of anilines is 1. The van der Waals surface area contributed by atoms with Gasteiger partial charge >= 0.3 is 0 Å². The zero-order valence-electron chi connectivity index (χ0n) is 12.0. The van der Waals surface area contributed by atoms with Crippen LogP contribution in [0.1, 0.15) is 51.1 Å². The molecule has 0 radical (unpaired) electrons. The highest BCUT2D eigenvalue weighted by molar-refractivity contribution is 9.10. The number of aromatic nitrogens is 2. The van der Waals surface area contributed by atoms with E-state index in [4.69, 9.17) is 4.98 Å². The Hall–Kier alpha value is -1.03. The molecule has 0 aromatic carbocycles. The molecule has 1 saturated carbocycles. The maximum atomic E-state index is 4.79. The van der Waals surface area contributed by atoms with Crippen LogP contribution in [0.25, 0.3) is 5.65 Å². The molecule has 20 heavy (non-hydrogen) atoms.